The van der Waals surface area contributed by atoms with E-state index in [1.807, 2.05) is 0 Å². The van der Waals surface area contributed by atoms with Crippen LogP contribution in [0.2, 0.25) is 0 Å². The quantitative estimate of drug-likeness (QED) is 0.289. The number of hydrogen-bond donors (Lipinski definition) is 6. The van der Waals surface area contributed by atoms with Crippen LogP contribution in [0.15, 0.2) is 0 Å². The number of quaternary nitrogens is 1. The van der Waals surface area contributed by atoms with Crippen molar-refractivity contribution in [3.05, 3.63) is 0 Å². The van der Waals surface area contributed by atoms with Crippen molar-refractivity contribution in [3.63, 3.8) is 0 Å². The Bertz CT molecular complexity index is 363. The van der Waals surface area contributed by atoms with Crippen LogP contribution in [0.5, 0.6) is 0 Å². The van der Waals surface area contributed by atoms with Crippen LogP contribution in [0.1, 0.15) is 6.42 Å². The number of amides is 1. The van der Waals surface area contributed by atoms with Crippen LogP contribution >= 0.6 is 0 Å². The molecule has 1 aliphatic rings. The van der Waals surface area contributed by atoms with Crippen molar-refractivity contribution in [2.75, 3.05) is 6.61 Å². The average Bonchev–Trinajstić information content (AvgIpc) is 2.39. The summed E-state index contributed by atoms with van der Waals surface area (Å²) in [6.07, 6.45) is -7.82. The van der Waals surface area contributed by atoms with Gasteiger partial charge in [0.25, 0.3) is 0 Å². The first kappa shape index (κ1) is 16.8. The molecule has 1 rings (SSSR count). The van der Waals surface area contributed by atoms with Crippen molar-refractivity contribution in [1.82, 2.24) is 5.32 Å². The minimum absolute atomic E-state index is 0.503. The number of nitrogens with one attached hydrogen (secondary N) is 1. The van der Waals surface area contributed by atoms with Crippen LogP contribution in [-0.2, 0) is 14.3 Å². The molecule has 0 bridgehead atoms. The summed E-state index contributed by atoms with van der Waals surface area (Å²) in [7, 11) is 0. The van der Waals surface area contributed by atoms with Crippen LogP contribution in [0.25, 0.3) is 0 Å². The third-order valence-electron chi connectivity index (χ3n) is 2.96. The fourth-order valence-electron chi connectivity index (χ4n) is 1.75. The number of aliphatic hydroxyl groups is 4. The Hall–Kier alpha value is -1.30. The number of carbonyl (C=O) groups is 2. The molecule has 0 aromatic heterocycles. The number of carboxylic acid groups (broad SMARTS) is 1. The van der Waals surface area contributed by atoms with Gasteiger partial charge in [-0.2, -0.15) is 0 Å². The molecule has 1 heterocycles. The Morgan fingerprint density at radius 1 is 1.25 bits per heavy atom. The van der Waals surface area contributed by atoms with Gasteiger partial charge in [0.15, 0.2) is 6.23 Å². The first-order valence-electron chi connectivity index (χ1n) is 5.91. The lowest BCUT2D eigenvalue weighted by molar-refractivity contribution is -0.436. The molecule has 1 fully saturated rings. The zero-order chi connectivity index (χ0) is 15.4. The van der Waals surface area contributed by atoms with Crippen LogP contribution in [0.3, 0.4) is 0 Å². The van der Waals surface area contributed by atoms with Gasteiger partial charge in [0.1, 0.15) is 30.5 Å². The number of ether oxygens (including phenoxy) is 1. The Balaban J connectivity index is 2.61. The van der Waals surface area contributed by atoms with Gasteiger partial charge in [-0.05, 0) is 0 Å². The molecule has 116 valence electrons. The Kier molecular flexibility index (Phi) is 5.80. The van der Waals surface area contributed by atoms with Crippen LogP contribution in [0.4, 0.5) is 0 Å². The highest BCUT2D eigenvalue weighted by Gasteiger charge is 2.44. The number of rotatable bonds is 5. The lowest BCUT2D eigenvalue weighted by Gasteiger charge is -2.40. The summed E-state index contributed by atoms with van der Waals surface area (Å²) in [6, 6.07) is -1.28. The Morgan fingerprint density at radius 2 is 1.85 bits per heavy atom. The van der Waals surface area contributed by atoms with Crippen LogP contribution in [0, 0.1) is 0 Å². The fourth-order valence-corrected chi connectivity index (χ4v) is 1.75. The molecule has 0 spiro atoms. The summed E-state index contributed by atoms with van der Waals surface area (Å²) in [6.45, 7) is -0.631. The topological polar surface area (TPSA) is 187 Å². The van der Waals surface area contributed by atoms with Crippen LogP contribution in [-0.4, -0.2) is 75.6 Å². The van der Waals surface area contributed by atoms with Crippen molar-refractivity contribution < 1.29 is 45.6 Å². The van der Waals surface area contributed by atoms with Crippen molar-refractivity contribution in [2.24, 2.45) is 0 Å². The summed E-state index contributed by atoms with van der Waals surface area (Å²) in [4.78, 5) is 22.0. The number of hydrogen-bond acceptors (Lipinski definition) is 8. The van der Waals surface area contributed by atoms with Gasteiger partial charge in [0.2, 0.25) is 5.91 Å². The first-order valence-corrected chi connectivity index (χ1v) is 5.91. The second-order valence-corrected chi connectivity index (χ2v) is 4.54. The number of aliphatic carboxylic acids is 1. The van der Waals surface area contributed by atoms with E-state index in [4.69, 9.17) is 9.84 Å². The molecule has 0 aliphatic carbocycles. The highest BCUT2D eigenvalue weighted by molar-refractivity contribution is 5.82. The minimum Gasteiger partial charge on any atom is -0.544 e. The standard InChI is InChI=1S/C10H18N2O8/c11-3(10(18)19)1-5(14)12-9-8(17)7(16)6(15)4(2-13)20-9/h3-4,6-9,13,15-17H,1-2,11H2,(H,12,14)(H,18,19). The van der Waals surface area contributed by atoms with E-state index in [9.17, 15) is 30.0 Å². The molecule has 1 saturated heterocycles. The highest BCUT2D eigenvalue weighted by atomic mass is 16.6. The summed E-state index contributed by atoms with van der Waals surface area (Å²) in [5.74, 6) is -2.30. The largest absolute Gasteiger partial charge is 0.544 e. The molecule has 20 heavy (non-hydrogen) atoms. The molecular weight excluding hydrogens is 276 g/mol. The average molecular weight is 294 g/mol. The second-order valence-electron chi connectivity index (χ2n) is 4.54. The predicted molar refractivity (Wildman–Crippen MR) is 58.2 cm³/mol. The van der Waals surface area contributed by atoms with Gasteiger partial charge in [-0.15, -0.1) is 0 Å². The molecule has 0 saturated carbocycles. The van der Waals surface area contributed by atoms with Gasteiger partial charge >= 0.3 is 0 Å². The van der Waals surface area contributed by atoms with E-state index in [0.29, 0.717) is 0 Å². The zero-order valence-electron chi connectivity index (χ0n) is 10.5. The van der Waals surface area contributed by atoms with E-state index in [-0.39, 0.29) is 0 Å². The lowest BCUT2D eigenvalue weighted by Crippen LogP contribution is -2.70. The minimum atomic E-state index is -1.62. The third-order valence-corrected chi connectivity index (χ3v) is 2.96. The highest BCUT2D eigenvalue weighted by Crippen LogP contribution is 2.19. The molecule has 1 amide bonds. The predicted octanol–water partition coefficient (Wildman–Crippen LogP) is -6.35. The summed E-state index contributed by atoms with van der Waals surface area (Å²) in [5, 5.41) is 50.2. The molecular formula is C10H18N2O8. The van der Waals surface area contributed by atoms with Crippen molar-refractivity contribution in [2.45, 2.75) is 43.1 Å². The van der Waals surface area contributed by atoms with Crippen molar-refractivity contribution in [3.8, 4) is 0 Å². The SMILES string of the molecule is [NH3+]C(CC(=O)NC1OC(CO)C(O)C(O)C1O)C(=O)[O-]. The Morgan fingerprint density at radius 3 is 2.35 bits per heavy atom. The van der Waals surface area contributed by atoms with Crippen molar-refractivity contribution in [1.29, 1.82) is 0 Å². The fraction of sp³-hybridized carbons (Fsp3) is 0.800. The van der Waals surface area contributed by atoms with Gasteiger partial charge < -0.3 is 46.1 Å². The molecule has 10 nitrogen and oxygen atoms in total. The van der Waals surface area contributed by atoms with Crippen molar-refractivity contribution >= 4 is 11.9 Å². The number of carbonyl (C=O) groups excluding carboxylic acids is 2. The molecule has 8 N–H and O–H groups in total. The third kappa shape index (κ3) is 3.85. The molecule has 0 aromatic carbocycles. The van der Waals surface area contributed by atoms with Gasteiger partial charge in [-0.1, -0.05) is 0 Å². The van der Waals surface area contributed by atoms with E-state index in [1.165, 1.54) is 0 Å². The maximum absolute atomic E-state index is 11.5. The normalized spacial score (nSPS) is 35.4. The summed E-state index contributed by atoms with van der Waals surface area (Å²) in [5.41, 5.74) is 3.19. The zero-order valence-corrected chi connectivity index (χ0v) is 10.5. The Labute approximate surface area is 113 Å². The van der Waals surface area contributed by atoms with Gasteiger partial charge in [0, 0.05) is 0 Å². The van der Waals surface area contributed by atoms with E-state index in [1.54, 1.807) is 0 Å². The van der Waals surface area contributed by atoms with Gasteiger partial charge in [0.05, 0.1) is 19.0 Å². The summed E-state index contributed by atoms with van der Waals surface area (Å²) >= 11 is 0. The maximum atomic E-state index is 11.5. The van der Waals surface area contributed by atoms with Gasteiger partial charge in [-0.25, -0.2) is 0 Å². The molecule has 0 radical (unpaired) electrons. The molecule has 6 atom stereocenters. The van der Waals surface area contributed by atoms with Crippen LogP contribution < -0.4 is 16.2 Å². The van der Waals surface area contributed by atoms with E-state index >= 15 is 0 Å². The lowest BCUT2D eigenvalue weighted by atomic mass is 9.98. The second kappa shape index (κ2) is 6.92. The molecule has 1 aliphatic heterocycles. The maximum Gasteiger partial charge on any atom is 0.228 e. The number of carboxylic acids is 1. The monoisotopic (exact) mass is 294 g/mol. The van der Waals surface area contributed by atoms with E-state index in [2.05, 4.69) is 11.1 Å². The molecule has 6 unspecified atom stereocenters. The first-order chi connectivity index (χ1) is 9.27. The molecule has 10 heteroatoms. The van der Waals surface area contributed by atoms with E-state index < -0.39 is 61.6 Å². The smallest absolute Gasteiger partial charge is 0.228 e. The van der Waals surface area contributed by atoms with Gasteiger partial charge in [-0.3, -0.25) is 4.79 Å². The molecule has 0 aromatic rings. The van der Waals surface area contributed by atoms with E-state index in [0.717, 1.165) is 0 Å². The number of aliphatic hydroxyl groups excluding tert-OH is 4. The summed E-state index contributed by atoms with van der Waals surface area (Å²) < 4.78 is 5.02.